The summed E-state index contributed by atoms with van der Waals surface area (Å²) in [5, 5.41) is 48.2. The Morgan fingerprint density at radius 1 is 0.983 bits per heavy atom. The maximum absolute atomic E-state index is 14.6. The summed E-state index contributed by atoms with van der Waals surface area (Å²) < 4.78 is 23.9. The number of unbranched alkanes of at least 4 members (excludes halogenated alkanes) is 3. The van der Waals surface area contributed by atoms with Crippen molar-refractivity contribution in [1.29, 1.82) is 0 Å². The first kappa shape index (κ1) is 45.9. The zero-order valence-electron chi connectivity index (χ0n) is 33.4. The Morgan fingerprint density at radius 3 is 2.36 bits per heavy atom. The van der Waals surface area contributed by atoms with Gasteiger partial charge in [-0.1, -0.05) is 45.3 Å². The monoisotopic (exact) mass is 825 g/mol. The zero-order chi connectivity index (χ0) is 42.3. The van der Waals surface area contributed by atoms with Crippen molar-refractivity contribution in [3.05, 3.63) is 23.8 Å². The largest absolute Gasteiger partial charge is 0.464 e. The minimum absolute atomic E-state index is 0.00754. The highest BCUT2D eigenvalue weighted by Crippen LogP contribution is 2.69. The molecule has 10 atom stereocenters. The number of carbonyl (C=O) groups is 5. The van der Waals surface area contributed by atoms with Gasteiger partial charge in [-0.25, -0.2) is 4.79 Å². The van der Waals surface area contributed by atoms with Gasteiger partial charge in [0.2, 0.25) is 11.7 Å². The number of aliphatic hydroxyl groups is 1. The Labute approximate surface area is 336 Å². The van der Waals surface area contributed by atoms with Crippen LogP contribution in [-0.4, -0.2) is 123 Å². The Hall–Kier alpha value is -3.21. The number of Topliss-reactive ketones (excluding diaryl/α,β-unsaturated/α-hetero) is 1. The van der Waals surface area contributed by atoms with Crippen LogP contribution in [0.5, 0.6) is 0 Å². The van der Waals surface area contributed by atoms with Gasteiger partial charge in [-0.3, -0.25) is 49.7 Å². The summed E-state index contributed by atoms with van der Waals surface area (Å²) in [4.78, 5) is 75.1. The second-order valence-electron chi connectivity index (χ2n) is 16.4. The van der Waals surface area contributed by atoms with Gasteiger partial charge in [0.1, 0.15) is 6.04 Å². The number of ketones is 2. The number of amides is 1. The predicted molar refractivity (Wildman–Crippen MR) is 195 cm³/mol. The number of allylic oxidation sites excluding steroid dienone is 4. The number of esters is 2. The van der Waals surface area contributed by atoms with Gasteiger partial charge in [0.25, 0.3) is 0 Å². The summed E-state index contributed by atoms with van der Waals surface area (Å²) in [7, 11) is 0. The molecule has 326 valence electrons. The minimum atomic E-state index is -1.53. The number of nitrogens with zero attached hydrogens (tertiary/aromatic N) is 2. The number of ether oxygens (including phenoxy) is 4. The lowest BCUT2D eigenvalue weighted by atomic mass is 9.46. The highest BCUT2D eigenvalue weighted by Gasteiger charge is 2.76. The standard InChI is InChI=1S/C39H59N3O16/c1-4-10-34-57-31-20-27-26-13-12-24-19-25(43)14-15-37(24,2)35(26)29(44)22-38(27,3)39(31,58-34)30(45)23-54-33(47)21-28(36(48)53-16-8-9-18-56-42(51)52)40-32(46)11-6-5-7-17-55-41(49)50/h14-15,19,26-29,31,34-35,44,49-52H,4-13,16-18,20-23H2,1-3H3,(H,40,46)/t26-,27-,28?,29-,31+,34?,35+,37-,38-,39?/m0/s1. The molecular formula is C39H59N3O16. The molecule has 5 aliphatic rings. The average Bonchev–Trinajstić information content (AvgIpc) is 3.64. The van der Waals surface area contributed by atoms with Gasteiger partial charge in [0, 0.05) is 23.2 Å². The predicted octanol–water partition coefficient (Wildman–Crippen LogP) is 3.05. The number of nitrogens with one attached hydrogen (secondary N) is 1. The Kier molecular flexibility index (Phi) is 15.7. The lowest BCUT2D eigenvalue weighted by Crippen LogP contribution is -2.63. The smallest absolute Gasteiger partial charge is 0.329 e. The van der Waals surface area contributed by atoms with E-state index in [1.54, 1.807) is 12.2 Å². The molecule has 0 aromatic heterocycles. The normalized spacial score (nSPS) is 32.9. The van der Waals surface area contributed by atoms with Gasteiger partial charge < -0.3 is 29.4 Å². The summed E-state index contributed by atoms with van der Waals surface area (Å²) >= 11 is 0. The fourth-order valence-electron chi connectivity index (χ4n) is 10.3. The molecule has 19 nitrogen and oxygen atoms in total. The lowest BCUT2D eigenvalue weighted by molar-refractivity contribution is -0.492. The van der Waals surface area contributed by atoms with Crippen LogP contribution in [0.1, 0.15) is 104 Å². The van der Waals surface area contributed by atoms with E-state index in [0.717, 1.165) is 18.4 Å². The van der Waals surface area contributed by atoms with Crippen LogP contribution in [0.4, 0.5) is 0 Å². The van der Waals surface area contributed by atoms with E-state index in [4.69, 9.17) is 39.8 Å². The molecule has 0 aromatic carbocycles. The molecule has 0 bridgehead atoms. The fourth-order valence-corrected chi connectivity index (χ4v) is 10.3. The lowest BCUT2D eigenvalue weighted by Gasteiger charge is -2.59. The van der Waals surface area contributed by atoms with Crippen LogP contribution in [0.15, 0.2) is 23.8 Å². The van der Waals surface area contributed by atoms with E-state index in [-0.39, 0.29) is 69.0 Å². The third-order valence-corrected chi connectivity index (χ3v) is 12.8. The molecule has 1 amide bonds. The van der Waals surface area contributed by atoms with Crippen molar-refractivity contribution < 1.29 is 78.5 Å². The van der Waals surface area contributed by atoms with Crippen molar-refractivity contribution in [2.24, 2.45) is 28.6 Å². The molecule has 5 rings (SSSR count). The van der Waals surface area contributed by atoms with Crippen LogP contribution < -0.4 is 5.32 Å². The summed E-state index contributed by atoms with van der Waals surface area (Å²) in [6.07, 6.45) is 7.46. The van der Waals surface area contributed by atoms with Gasteiger partial charge in [-0.2, -0.15) is 0 Å². The molecule has 0 radical (unpaired) electrons. The molecule has 1 aliphatic heterocycles. The Bertz CT molecular complexity index is 1560. The maximum atomic E-state index is 14.6. The number of hydrogen-bond acceptors (Lipinski definition) is 18. The summed E-state index contributed by atoms with van der Waals surface area (Å²) in [5.41, 5.74) is -1.94. The molecule has 0 aromatic rings. The minimum Gasteiger partial charge on any atom is -0.464 e. The maximum Gasteiger partial charge on any atom is 0.329 e. The van der Waals surface area contributed by atoms with Crippen molar-refractivity contribution in [1.82, 2.24) is 16.1 Å². The first-order chi connectivity index (χ1) is 27.5. The molecule has 1 saturated heterocycles. The third-order valence-electron chi connectivity index (χ3n) is 12.8. The van der Waals surface area contributed by atoms with Crippen LogP contribution in [0, 0.1) is 28.6 Å². The van der Waals surface area contributed by atoms with Crippen molar-refractivity contribution >= 4 is 29.4 Å². The zero-order valence-corrected chi connectivity index (χ0v) is 33.4. The second-order valence-corrected chi connectivity index (χ2v) is 16.4. The van der Waals surface area contributed by atoms with E-state index in [1.807, 2.05) is 19.9 Å². The van der Waals surface area contributed by atoms with E-state index in [2.05, 4.69) is 21.9 Å². The van der Waals surface area contributed by atoms with Gasteiger partial charge in [-0.05, 0) is 81.8 Å². The van der Waals surface area contributed by atoms with E-state index < -0.39 is 88.4 Å². The molecule has 4 aliphatic carbocycles. The molecule has 3 unspecified atom stereocenters. The topological polar surface area (TPSA) is 260 Å². The van der Waals surface area contributed by atoms with Gasteiger partial charge >= 0.3 is 11.9 Å². The Balaban J connectivity index is 1.26. The number of rotatable bonds is 22. The number of fused-ring (bicyclic) bond motifs is 7. The Morgan fingerprint density at radius 2 is 1.67 bits per heavy atom. The summed E-state index contributed by atoms with van der Waals surface area (Å²) in [5.74, 6) is -3.31. The number of aliphatic hydroxyl groups excluding tert-OH is 1. The molecule has 6 N–H and O–H groups in total. The van der Waals surface area contributed by atoms with Crippen LogP contribution >= 0.6 is 0 Å². The fraction of sp³-hybridized carbons (Fsp3) is 0.769. The highest BCUT2D eigenvalue weighted by molar-refractivity contribution is 6.01. The first-order valence-corrected chi connectivity index (χ1v) is 20.3. The average molecular weight is 826 g/mol. The quantitative estimate of drug-likeness (QED) is 0.0521. The van der Waals surface area contributed by atoms with Gasteiger partial charge in [0.15, 0.2) is 24.3 Å². The third kappa shape index (κ3) is 10.0. The van der Waals surface area contributed by atoms with Crippen molar-refractivity contribution in [3.8, 4) is 0 Å². The van der Waals surface area contributed by atoms with E-state index in [1.165, 1.54) is 0 Å². The summed E-state index contributed by atoms with van der Waals surface area (Å²) in [6.45, 7) is 5.07. The molecule has 58 heavy (non-hydrogen) atoms. The van der Waals surface area contributed by atoms with Crippen LogP contribution in [0.25, 0.3) is 0 Å². The van der Waals surface area contributed by atoms with Crippen molar-refractivity contribution in [3.63, 3.8) is 0 Å². The van der Waals surface area contributed by atoms with E-state index >= 15 is 0 Å². The second kappa shape index (κ2) is 19.9. The van der Waals surface area contributed by atoms with Gasteiger partial charge in [-0.15, -0.1) is 0 Å². The molecule has 4 fully saturated rings. The molecule has 1 heterocycles. The van der Waals surface area contributed by atoms with Crippen LogP contribution in [-0.2, 0) is 52.6 Å². The molecule has 19 heteroatoms. The highest BCUT2D eigenvalue weighted by atomic mass is 17.1. The van der Waals surface area contributed by atoms with Gasteiger partial charge in [0.05, 0.1) is 49.2 Å². The van der Waals surface area contributed by atoms with Crippen LogP contribution in [0.2, 0.25) is 0 Å². The van der Waals surface area contributed by atoms with Crippen LogP contribution in [0.3, 0.4) is 0 Å². The van der Waals surface area contributed by atoms with Crippen molar-refractivity contribution in [2.75, 3.05) is 26.4 Å². The number of hydrogen-bond donors (Lipinski definition) is 6. The summed E-state index contributed by atoms with van der Waals surface area (Å²) in [6, 6.07) is -1.46. The van der Waals surface area contributed by atoms with E-state index in [9.17, 15) is 29.1 Å². The number of carbonyl (C=O) groups excluding carboxylic acids is 5. The molecule has 3 saturated carbocycles. The van der Waals surface area contributed by atoms with E-state index in [0.29, 0.717) is 38.5 Å². The first-order valence-electron chi connectivity index (χ1n) is 20.3. The van der Waals surface area contributed by atoms with Crippen molar-refractivity contribution in [2.45, 2.75) is 134 Å². The molecular weight excluding hydrogens is 766 g/mol. The SMILES string of the molecule is CCCC1O[C@@H]2C[C@H]3[C@@H]4CCC5=CC(=O)C=C[C@]5(C)[C@H]4[C@@H](O)C[C@]3(C)C2(C(=O)COC(=O)CC(NC(=O)CCCCCON(O)O)C(=O)OCCCCON(O)O)O1. The molecule has 0 spiro atoms.